The van der Waals surface area contributed by atoms with Gasteiger partial charge in [0.15, 0.2) is 0 Å². The fraction of sp³-hybridized carbons (Fsp3) is 0.517. The van der Waals surface area contributed by atoms with Crippen LogP contribution in [0.15, 0.2) is 47.2 Å². The van der Waals surface area contributed by atoms with Crippen molar-refractivity contribution in [2.45, 2.75) is 63.6 Å². The monoisotopic (exact) mass is 553 g/mol. The van der Waals surface area contributed by atoms with Crippen LogP contribution in [0.2, 0.25) is 0 Å². The van der Waals surface area contributed by atoms with Crippen molar-refractivity contribution in [3.63, 3.8) is 0 Å². The van der Waals surface area contributed by atoms with Gasteiger partial charge in [-0.1, -0.05) is 24.2 Å². The number of benzene rings is 1. The van der Waals surface area contributed by atoms with Gasteiger partial charge in [-0.15, -0.1) is 12.4 Å². The number of halogens is 1. The second-order valence-corrected chi connectivity index (χ2v) is 11.3. The number of piperidine rings is 1. The molecule has 1 aliphatic carbocycles. The van der Waals surface area contributed by atoms with Crippen molar-refractivity contribution in [3.05, 3.63) is 59.7 Å². The first-order valence-electron chi connectivity index (χ1n) is 13.6. The summed E-state index contributed by atoms with van der Waals surface area (Å²) in [5, 5.41) is 20.0. The first-order valence-corrected chi connectivity index (χ1v) is 13.6. The number of rotatable bonds is 7. The number of aliphatic hydroxyl groups is 1. The number of carbonyl (C=O) groups excluding carboxylic acids is 1. The number of nitrogens with one attached hydrogen (secondary N) is 1. The first kappa shape index (κ1) is 27.6. The summed E-state index contributed by atoms with van der Waals surface area (Å²) in [4.78, 5) is 22.7. The zero-order chi connectivity index (χ0) is 26.3. The molecule has 2 aliphatic heterocycles. The van der Waals surface area contributed by atoms with Crippen LogP contribution in [0.25, 0.3) is 11.4 Å². The number of hydrogen-bond acceptors (Lipinski definition) is 8. The average Bonchev–Trinajstić information content (AvgIpc) is 3.40. The van der Waals surface area contributed by atoms with Gasteiger partial charge in [0.2, 0.25) is 17.6 Å². The Labute approximate surface area is 234 Å². The van der Waals surface area contributed by atoms with Crippen LogP contribution in [0.3, 0.4) is 0 Å². The molecule has 208 valence electrons. The minimum atomic E-state index is -1.28. The van der Waals surface area contributed by atoms with Crippen LogP contribution in [0.4, 0.5) is 0 Å². The Kier molecular flexibility index (Phi) is 7.68. The molecule has 10 heteroatoms. The molecule has 0 radical (unpaired) electrons. The largest absolute Gasteiger partial charge is 0.490 e. The number of ether oxygens (including phenoxy) is 1. The van der Waals surface area contributed by atoms with Crippen molar-refractivity contribution < 1.29 is 19.2 Å². The van der Waals surface area contributed by atoms with E-state index in [-0.39, 0.29) is 24.2 Å². The standard InChI is InChI=1S/C29H35N5O4.ClH/c1-19(35)34-12-10-20(11-13-34)27-32-26(33-38-27)21-14-23(16-30-15-21)29(36,28(2)17-31-18-28)22-6-8-25(9-7-22)37-24-4-3-5-24;/h6-9,14-16,20,24,31,36H,3-5,10-13,17-18H2,1-2H3;1H/t29-;/m0./s1. The van der Waals surface area contributed by atoms with E-state index in [0.29, 0.717) is 55.1 Å². The second kappa shape index (κ2) is 10.9. The van der Waals surface area contributed by atoms with Crippen LogP contribution < -0.4 is 10.1 Å². The highest BCUT2D eigenvalue weighted by molar-refractivity contribution is 5.85. The van der Waals surface area contributed by atoms with E-state index in [2.05, 4.69) is 27.4 Å². The Morgan fingerprint density at radius 3 is 2.44 bits per heavy atom. The average molecular weight is 554 g/mol. The lowest BCUT2D eigenvalue weighted by molar-refractivity contribution is -0.129. The van der Waals surface area contributed by atoms with E-state index in [1.54, 1.807) is 19.3 Å². The predicted molar refractivity (Wildman–Crippen MR) is 148 cm³/mol. The van der Waals surface area contributed by atoms with E-state index in [9.17, 15) is 9.90 Å². The molecule has 2 N–H and O–H groups in total. The lowest BCUT2D eigenvalue weighted by atomic mass is 9.63. The summed E-state index contributed by atoms with van der Waals surface area (Å²) in [7, 11) is 0. The van der Waals surface area contributed by atoms with Gasteiger partial charge in [0.05, 0.1) is 6.10 Å². The third kappa shape index (κ3) is 5.03. The van der Waals surface area contributed by atoms with E-state index in [4.69, 9.17) is 9.26 Å². The van der Waals surface area contributed by atoms with Gasteiger partial charge in [0.25, 0.3) is 0 Å². The highest BCUT2D eigenvalue weighted by atomic mass is 35.5. The highest BCUT2D eigenvalue weighted by Gasteiger charge is 2.53. The lowest BCUT2D eigenvalue weighted by Gasteiger charge is -2.52. The van der Waals surface area contributed by atoms with Crippen molar-refractivity contribution in [1.29, 1.82) is 0 Å². The van der Waals surface area contributed by atoms with Crippen LogP contribution in [-0.2, 0) is 10.4 Å². The molecule has 2 saturated heterocycles. The zero-order valence-electron chi connectivity index (χ0n) is 22.4. The highest BCUT2D eigenvalue weighted by Crippen LogP contribution is 2.48. The Morgan fingerprint density at radius 1 is 1.13 bits per heavy atom. The van der Waals surface area contributed by atoms with E-state index in [0.717, 1.165) is 37.0 Å². The molecular formula is C29H36ClN5O4. The maximum Gasteiger partial charge on any atom is 0.230 e. The Balaban J connectivity index is 0.00000308. The van der Waals surface area contributed by atoms with Gasteiger partial charge < -0.3 is 24.6 Å². The summed E-state index contributed by atoms with van der Waals surface area (Å²) in [5.41, 5.74) is 0.483. The van der Waals surface area contributed by atoms with Crippen LogP contribution >= 0.6 is 12.4 Å². The number of nitrogens with zero attached hydrogens (tertiary/aromatic N) is 4. The van der Waals surface area contributed by atoms with E-state index < -0.39 is 11.0 Å². The molecule has 3 fully saturated rings. The summed E-state index contributed by atoms with van der Waals surface area (Å²) in [6.45, 7) is 6.44. The maximum absolute atomic E-state index is 12.4. The summed E-state index contributed by atoms with van der Waals surface area (Å²) >= 11 is 0. The van der Waals surface area contributed by atoms with Gasteiger partial charge in [0.1, 0.15) is 11.4 Å². The molecule has 1 atom stereocenters. The van der Waals surface area contributed by atoms with Crippen molar-refractivity contribution in [2.75, 3.05) is 26.2 Å². The zero-order valence-corrected chi connectivity index (χ0v) is 23.2. The Morgan fingerprint density at radius 2 is 1.85 bits per heavy atom. The van der Waals surface area contributed by atoms with Gasteiger partial charge in [-0.3, -0.25) is 9.78 Å². The van der Waals surface area contributed by atoms with Crippen molar-refractivity contribution in [3.8, 4) is 17.1 Å². The number of aromatic nitrogens is 3. The smallest absolute Gasteiger partial charge is 0.230 e. The molecule has 9 nitrogen and oxygen atoms in total. The van der Waals surface area contributed by atoms with Gasteiger partial charge >= 0.3 is 0 Å². The quantitative estimate of drug-likeness (QED) is 0.450. The van der Waals surface area contributed by atoms with Crippen LogP contribution in [0.1, 0.15) is 68.9 Å². The summed E-state index contributed by atoms with van der Waals surface area (Å²) in [5.74, 6) is 2.09. The topological polar surface area (TPSA) is 114 Å². The molecule has 1 amide bonds. The fourth-order valence-corrected chi connectivity index (χ4v) is 5.79. The van der Waals surface area contributed by atoms with Crippen molar-refractivity contribution in [1.82, 2.24) is 25.3 Å². The lowest BCUT2D eigenvalue weighted by Crippen LogP contribution is -2.63. The van der Waals surface area contributed by atoms with Crippen LogP contribution in [-0.4, -0.2) is 63.3 Å². The molecule has 1 saturated carbocycles. The molecule has 3 aliphatic rings. The normalized spacial score (nSPS) is 20.7. The van der Waals surface area contributed by atoms with Gasteiger partial charge in [0, 0.05) is 68.0 Å². The summed E-state index contributed by atoms with van der Waals surface area (Å²) in [6, 6.07) is 9.75. The van der Waals surface area contributed by atoms with E-state index >= 15 is 0 Å². The number of carbonyl (C=O) groups is 1. The third-order valence-electron chi connectivity index (χ3n) is 8.68. The van der Waals surface area contributed by atoms with Crippen LogP contribution in [0.5, 0.6) is 5.75 Å². The molecule has 39 heavy (non-hydrogen) atoms. The molecule has 0 bridgehead atoms. The molecule has 3 aromatic rings. The first-order chi connectivity index (χ1) is 18.4. The molecule has 2 aromatic heterocycles. The Hall–Kier alpha value is -3.01. The number of likely N-dealkylation sites (tertiary alicyclic amines) is 1. The van der Waals surface area contributed by atoms with E-state index in [1.165, 1.54) is 6.42 Å². The number of hydrogen-bond donors (Lipinski definition) is 2. The molecule has 6 rings (SSSR count). The molecule has 1 aromatic carbocycles. The second-order valence-electron chi connectivity index (χ2n) is 11.3. The van der Waals surface area contributed by atoms with Gasteiger partial charge in [-0.05, 0) is 55.9 Å². The minimum absolute atomic E-state index is 0. The van der Waals surface area contributed by atoms with E-state index in [1.807, 2.05) is 35.2 Å². The Bertz CT molecular complexity index is 1300. The molecule has 0 unspecified atom stereocenters. The molecule has 4 heterocycles. The minimum Gasteiger partial charge on any atom is -0.490 e. The third-order valence-corrected chi connectivity index (χ3v) is 8.68. The number of amides is 1. The SMILES string of the molecule is CC(=O)N1CCC(c2nc(-c3cncc([C@@](O)(c4ccc(OC5CCC5)cc4)C4(C)CNC4)c3)no2)CC1.Cl. The predicted octanol–water partition coefficient (Wildman–Crippen LogP) is 4.06. The van der Waals surface area contributed by atoms with Gasteiger partial charge in [-0.2, -0.15) is 4.98 Å². The fourth-order valence-electron chi connectivity index (χ4n) is 5.79. The number of pyridine rings is 1. The summed E-state index contributed by atoms with van der Waals surface area (Å²) < 4.78 is 11.7. The van der Waals surface area contributed by atoms with Crippen molar-refractivity contribution in [2.24, 2.45) is 5.41 Å². The molecule has 0 spiro atoms. The maximum atomic E-state index is 12.4. The molecular weight excluding hydrogens is 518 g/mol. The summed E-state index contributed by atoms with van der Waals surface area (Å²) in [6.07, 6.45) is 8.74. The van der Waals surface area contributed by atoms with Crippen molar-refractivity contribution >= 4 is 18.3 Å². The van der Waals surface area contributed by atoms with Gasteiger partial charge in [-0.25, -0.2) is 0 Å². The van der Waals surface area contributed by atoms with Crippen LogP contribution in [0, 0.1) is 5.41 Å².